The number of aliphatic hydroxyl groups excluding tert-OH is 2. The first-order valence-corrected chi connectivity index (χ1v) is 18.5. The summed E-state index contributed by atoms with van der Waals surface area (Å²) >= 11 is 0. The smallest absolute Gasteiger partial charge is 0.312 e. The molecular formula is C40H51N5O11. The van der Waals surface area contributed by atoms with Crippen LogP contribution in [0.1, 0.15) is 64.4 Å². The molecule has 0 aromatic heterocycles. The lowest BCUT2D eigenvalue weighted by atomic mass is 9.78. The average Bonchev–Trinajstić information content (AvgIpc) is 3.78. The lowest BCUT2D eigenvalue weighted by Gasteiger charge is -2.38. The summed E-state index contributed by atoms with van der Waals surface area (Å²) in [6.07, 6.45) is 3.74. The highest BCUT2D eigenvalue weighted by atomic mass is 16.7. The molecule has 5 bridgehead atoms. The number of benzene rings is 2. The number of azo groups is 1. The number of phenols is 2. The average molecular weight is 778 g/mol. The first-order chi connectivity index (χ1) is 26.4. The van der Waals surface area contributed by atoms with Crippen molar-refractivity contribution >= 4 is 45.8 Å². The van der Waals surface area contributed by atoms with Gasteiger partial charge in [0.25, 0.3) is 11.7 Å². The van der Waals surface area contributed by atoms with Gasteiger partial charge in [-0.15, -0.1) is 10.2 Å². The number of nitrogens with one attached hydrogen (secondary N) is 2. The molecule has 4 aliphatic heterocycles. The Morgan fingerprint density at radius 1 is 1.00 bits per heavy atom. The van der Waals surface area contributed by atoms with Crippen LogP contribution in [-0.2, 0) is 23.8 Å². The number of ether oxygens (including phenoxy) is 4. The molecule has 16 heteroatoms. The number of aliphatic hydroxyl groups is 2. The fourth-order valence-electron chi connectivity index (χ4n) is 7.28. The number of aromatic hydroxyl groups is 2. The third-order valence-corrected chi connectivity index (χ3v) is 10.7. The summed E-state index contributed by atoms with van der Waals surface area (Å²) in [5.74, 6) is -7.01. The fraction of sp³-hybridized carbons (Fsp3) is 0.500. The number of rotatable bonds is 3. The van der Waals surface area contributed by atoms with E-state index in [0.717, 1.165) is 0 Å². The first-order valence-electron chi connectivity index (χ1n) is 18.5. The van der Waals surface area contributed by atoms with Crippen LogP contribution in [0.4, 0.5) is 11.4 Å². The number of phenolic OH excluding ortho intramolecular Hbond substituents is 2. The van der Waals surface area contributed by atoms with Crippen LogP contribution < -0.4 is 15.4 Å². The van der Waals surface area contributed by atoms with E-state index in [2.05, 4.69) is 25.9 Å². The summed E-state index contributed by atoms with van der Waals surface area (Å²) in [6, 6.07) is 1.32. The second-order valence-electron chi connectivity index (χ2n) is 14.8. The number of amides is 1. The number of hydrogen-bond donors (Lipinski definition) is 6. The number of anilines is 1. The highest BCUT2D eigenvalue weighted by Crippen LogP contribution is 2.54. The maximum Gasteiger partial charge on any atom is 0.312 e. The van der Waals surface area contributed by atoms with E-state index in [1.807, 2.05) is 0 Å². The number of esters is 1. The number of hydrogen-bond acceptors (Lipinski definition) is 15. The number of carbonyl (C=O) groups is 3. The van der Waals surface area contributed by atoms with E-state index in [1.165, 1.54) is 52.4 Å². The number of guanidine groups is 1. The Balaban J connectivity index is 1.69. The number of nitrogens with zero attached hydrogens (tertiary/aromatic N) is 3. The predicted molar refractivity (Wildman–Crippen MR) is 207 cm³/mol. The summed E-state index contributed by atoms with van der Waals surface area (Å²) in [6.45, 7) is 13.7. The van der Waals surface area contributed by atoms with Gasteiger partial charge in [-0.25, -0.2) is 4.99 Å². The molecule has 0 radical (unpaired) electrons. The lowest BCUT2D eigenvalue weighted by Crippen LogP contribution is -2.46. The van der Waals surface area contributed by atoms with Crippen LogP contribution in [0, 0.1) is 30.6 Å². The number of fused-ring (bicyclic) bond motifs is 14. The van der Waals surface area contributed by atoms with Crippen molar-refractivity contribution in [1.29, 1.82) is 0 Å². The highest BCUT2D eigenvalue weighted by Gasteiger charge is 2.49. The predicted octanol–water partition coefficient (Wildman–Crippen LogP) is 5.09. The van der Waals surface area contributed by atoms with E-state index >= 15 is 0 Å². The zero-order chi connectivity index (χ0) is 41.2. The van der Waals surface area contributed by atoms with Crippen molar-refractivity contribution in [1.82, 2.24) is 5.32 Å². The maximum absolute atomic E-state index is 14.4. The zero-order valence-electron chi connectivity index (χ0n) is 33.0. The maximum atomic E-state index is 14.4. The largest absolute Gasteiger partial charge is 0.507 e. The van der Waals surface area contributed by atoms with Gasteiger partial charge < -0.3 is 50.0 Å². The van der Waals surface area contributed by atoms with E-state index < -0.39 is 83.0 Å². The van der Waals surface area contributed by atoms with Crippen molar-refractivity contribution in [3.05, 3.63) is 53.3 Å². The number of Topliss-reactive ketones (excluding diaryl/α,β-unsaturated/α-hetero) is 1. The molecular weight excluding hydrogens is 726 g/mol. The van der Waals surface area contributed by atoms with Gasteiger partial charge in [0.2, 0.25) is 5.96 Å². The summed E-state index contributed by atoms with van der Waals surface area (Å²) < 4.78 is 23.6. The molecule has 0 aliphatic carbocycles. The highest BCUT2D eigenvalue weighted by molar-refractivity contribution is 6.22. The fourth-order valence-corrected chi connectivity index (χ4v) is 7.28. The van der Waals surface area contributed by atoms with Gasteiger partial charge in [-0.2, -0.15) is 0 Å². The quantitative estimate of drug-likeness (QED) is 0.136. The van der Waals surface area contributed by atoms with Crippen molar-refractivity contribution in [2.24, 2.45) is 38.9 Å². The van der Waals surface area contributed by atoms with Crippen LogP contribution >= 0.6 is 0 Å². The molecule has 302 valence electrons. The number of allylic oxidation sites excluding steroid dienone is 2. The number of ketones is 1. The van der Waals surface area contributed by atoms with Crippen molar-refractivity contribution in [3.8, 4) is 17.2 Å². The molecule has 6 N–H and O–H groups in total. The summed E-state index contributed by atoms with van der Waals surface area (Å²) in [5, 5.41) is 59.9. The van der Waals surface area contributed by atoms with Crippen LogP contribution in [0.5, 0.6) is 17.2 Å². The molecule has 0 fully saturated rings. The molecule has 2 aromatic rings. The lowest BCUT2D eigenvalue weighted by molar-refractivity contribution is -0.160. The molecule has 2 aromatic carbocycles. The Bertz CT molecular complexity index is 2040. The molecule has 6 rings (SSSR count). The van der Waals surface area contributed by atoms with E-state index in [0.29, 0.717) is 13.1 Å². The molecule has 0 spiro atoms. The van der Waals surface area contributed by atoms with Crippen molar-refractivity contribution < 1.29 is 53.8 Å². The van der Waals surface area contributed by atoms with Gasteiger partial charge in [-0.3, -0.25) is 14.4 Å². The molecule has 1 amide bonds. The van der Waals surface area contributed by atoms with Gasteiger partial charge >= 0.3 is 11.8 Å². The summed E-state index contributed by atoms with van der Waals surface area (Å²) in [4.78, 5) is 44.4. The van der Waals surface area contributed by atoms with Gasteiger partial charge in [0.1, 0.15) is 17.6 Å². The second-order valence-corrected chi connectivity index (χ2v) is 14.8. The van der Waals surface area contributed by atoms with E-state index in [1.54, 1.807) is 46.8 Å². The minimum absolute atomic E-state index is 0.00167. The Kier molecular flexibility index (Phi) is 12.6. The SMILES string of the molecule is COC1C=COC2(C)Oc3c(C)c(O)c4c(O)c(cc(N=NC5=NCCN5)c4c3C2=O)NC(=O)/C(C)=C\C=CC(C)C(O)C(C)C(O)C(C)C(OC(C)=O)C1C. The zero-order valence-corrected chi connectivity index (χ0v) is 33.0. The van der Waals surface area contributed by atoms with E-state index in [9.17, 15) is 34.8 Å². The number of carbonyl (C=O) groups excluding carboxylic acids is 3. The third-order valence-electron chi connectivity index (χ3n) is 10.7. The summed E-state index contributed by atoms with van der Waals surface area (Å²) in [5.41, 5.74) is 0.153. The van der Waals surface area contributed by atoms with E-state index in [4.69, 9.17) is 18.9 Å². The first kappa shape index (κ1) is 41.8. The topological polar surface area (TPSA) is 230 Å². The van der Waals surface area contributed by atoms with E-state index in [-0.39, 0.29) is 50.6 Å². The van der Waals surface area contributed by atoms with Crippen LogP contribution in [0.15, 0.2) is 57.4 Å². The van der Waals surface area contributed by atoms with Gasteiger partial charge in [-0.05, 0) is 26.0 Å². The normalized spacial score (nSPS) is 31.1. The number of aliphatic imine (C=N–C) groups is 1. The molecule has 9 unspecified atom stereocenters. The van der Waals surface area contributed by atoms with Crippen molar-refractivity contribution in [2.45, 2.75) is 85.6 Å². The molecule has 9 atom stereocenters. The third kappa shape index (κ3) is 8.13. The van der Waals surface area contributed by atoms with Crippen LogP contribution in [0.25, 0.3) is 10.8 Å². The molecule has 16 nitrogen and oxygen atoms in total. The van der Waals surface area contributed by atoms with Gasteiger partial charge in [0.05, 0.1) is 53.4 Å². The Labute approximate surface area is 325 Å². The molecule has 4 aliphatic rings. The molecule has 4 heterocycles. The van der Waals surface area contributed by atoms with Crippen LogP contribution in [0.3, 0.4) is 0 Å². The molecule has 56 heavy (non-hydrogen) atoms. The van der Waals surface area contributed by atoms with Crippen LogP contribution in [0.2, 0.25) is 0 Å². The van der Waals surface area contributed by atoms with Crippen LogP contribution in [-0.4, -0.2) is 94.4 Å². The second kappa shape index (κ2) is 16.8. The van der Waals surface area contributed by atoms with Gasteiger partial charge in [0, 0.05) is 67.7 Å². The standard InChI is InChI=1S/C40H51N5O11/c1-18-11-10-12-19(2)38(52)43-26-17-25(44-45-39-41-14-15-42-39)28-29(34(26)50)33(49)23(6)36-30(28)37(51)40(8,56-36)54-16-13-27(53-9)20(3)35(55-24(7)46)22(5)32(48)21(4)31(18)47/h10-13,16-18,20-22,27,31-32,35,47-50H,14-15H2,1-9H3,(H,41,42)(H,43,52)/b11-10?,16-13?,19-12-,45-44?. The minimum Gasteiger partial charge on any atom is -0.507 e. The monoisotopic (exact) mass is 777 g/mol. The Hall–Kier alpha value is -5.32. The molecule has 0 saturated heterocycles. The summed E-state index contributed by atoms with van der Waals surface area (Å²) in [7, 11) is 1.45. The van der Waals surface area contributed by atoms with Gasteiger partial charge in [-0.1, -0.05) is 45.9 Å². The van der Waals surface area contributed by atoms with Crippen molar-refractivity contribution in [3.63, 3.8) is 0 Å². The minimum atomic E-state index is -1.98. The molecule has 0 saturated carbocycles. The number of methoxy groups -OCH3 is 1. The van der Waals surface area contributed by atoms with Gasteiger partial charge in [0.15, 0.2) is 5.75 Å². The Morgan fingerprint density at radius 3 is 2.36 bits per heavy atom. The van der Waals surface area contributed by atoms with Crippen molar-refractivity contribution in [2.75, 3.05) is 25.5 Å². The Morgan fingerprint density at radius 2 is 1.71 bits per heavy atom.